The summed E-state index contributed by atoms with van der Waals surface area (Å²) in [7, 11) is 1.67. The van der Waals surface area contributed by atoms with Crippen LogP contribution in [0.1, 0.15) is 37.3 Å². The number of carbonyl (C=O) groups is 2. The van der Waals surface area contributed by atoms with Gasteiger partial charge in [0.1, 0.15) is 5.75 Å². The van der Waals surface area contributed by atoms with E-state index >= 15 is 0 Å². The van der Waals surface area contributed by atoms with Crippen molar-refractivity contribution in [3.8, 4) is 5.75 Å². The predicted octanol–water partition coefficient (Wildman–Crippen LogP) is 3.89. The minimum Gasteiger partial charge on any atom is -0.497 e. The third-order valence-corrected chi connectivity index (χ3v) is 6.72. The normalized spacial score (nSPS) is 18.0. The Morgan fingerprint density at radius 2 is 1.64 bits per heavy atom. The van der Waals surface area contributed by atoms with Gasteiger partial charge in [-0.2, -0.15) is 0 Å². The maximum Gasteiger partial charge on any atom is 0.317 e. The van der Waals surface area contributed by atoms with E-state index in [1.165, 1.54) is 18.4 Å². The van der Waals surface area contributed by atoms with Gasteiger partial charge in [-0.1, -0.05) is 30.3 Å². The molecule has 2 saturated heterocycles. The summed E-state index contributed by atoms with van der Waals surface area (Å²) in [5, 5.41) is 6.13. The van der Waals surface area contributed by atoms with Crippen molar-refractivity contribution >= 4 is 17.6 Å². The maximum absolute atomic E-state index is 12.9. The molecule has 0 bridgehead atoms. The van der Waals surface area contributed by atoms with Gasteiger partial charge in [0.05, 0.1) is 13.2 Å². The molecule has 4 rings (SSSR count). The highest BCUT2D eigenvalue weighted by Crippen LogP contribution is 2.26. The molecule has 0 saturated carbocycles. The molecule has 2 aliphatic heterocycles. The zero-order valence-corrected chi connectivity index (χ0v) is 19.3. The number of piperidine rings is 1. The number of nitrogens with zero attached hydrogens (tertiary/aromatic N) is 2. The van der Waals surface area contributed by atoms with E-state index in [1.54, 1.807) is 7.11 Å². The summed E-state index contributed by atoms with van der Waals surface area (Å²) >= 11 is 0. The highest BCUT2D eigenvalue weighted by atomic mass is 16.5. The van der Waals surface area contributed by atoms with Crippen molar-refractivity contribution in [3.05, 3.63) is 60.2 Å². The van der Waals surface area contributed by atoms with Crippen LogP contribution < -0.4 is 15.4 Å². The quantitative estimate of drug-likeness (QED) is 0.671. The second-order valence-electron chi connectivity index (χ2n) is 8.83. The van der Waals surface area contributed by atoms with E-state index in [4.69, 9.17) is 4.74 Å². The number of ether oxygens (including phenoxy) is 1. The smallest absolute Gasteiger partial charge is 0.317 e. The molecule has 7 nitrogen and oxygen atoms in total. The minimum absolute atomic E-state index is 0.0369. The lowest BCUT2D eigenvalue weighted by Crippen LogP contribution is -2.48. The Bertz CT molecular complexity index is 905. The van der Waals surface area contributed by atoms with Crippen molar-refractivity contribution in [1.29, 1.82) is 0 Å². The van der Waals surface area contributed by atoms with Gasteiger partial charge in [-0.3, -0.25) is 9.69 Å². The molecular weight excluding hydrogens is 416 g/mol. The first-order valence-corrected chi connectivity index (χ1v) is 11.9. The van der Waals surface area contributed by atoms with E-state index in [-0.39, 0.29) is 23.9 Å². The molecule has 33 heavy (non-hydrogen) atoms. The summed E-state index contributed by atoms with van der Waals surface area (Å²) in [5.74, 6) is 0.808. The zero-order chi connectivity index (χ0) is 23.0. The lowest BCUT2D eigenvalue weighted by Gasteiger charge is -2.33. The Balaban J connectivity index is 1.28. The zero-order valence-electron chi connectivity index (χ0n) is 19.3. The highest BCUT2D eigenvalue weighted by molar-refractivity contribution is 5.92. The summed E-state index contributed by atoms with van der Waals surface area (Å²) in [6, 6.07) is 17.8. The van der Waals surface area contributed by atoms with E-state index < -0.39 is 0 Å². The van der Waals surface area contributed by atoms with Crippen LogP contribution in [0.2, 0.25) is 0 Å². The predicted molar refractivity (Wildman–Crippen MR) is 129 cm³/mol. The second-order valence-corrected chi connectivity index (χ2v) is 8.83. The van der Waals surface area contributed by atoms with Crippen LogP contribution in [0.5, 0.6) is 5.75 Å². The van der Waals surface area contributed by atoms with Gasteiger partial charge >= 0.3 is 6.03 Å². The number of likely N-dealkylation sites (tertiary alicyclic amines) is 2. The number of para-hydroxylation sites is 1. The highest BCUT2D eigenvalue weighted by Gasteiger charge is 2.29. The number of benzene rings is 2. The third kappa shape index (κ3) is 6.05. The molecule has 7 heteroatoms. The molecule has 2 aromatic carbocycles. The molecule has 2 heterocycles. The van der Waals surface area contributed by atoms with Crippen molar-refractivity contribution in [2.45, 2.75) is 31.7 Å². The largest absolute Gasteiger partial charge is 0.497 e. The van der Waals surface area contributed by atoms with Crippen molar-refractivity contribution < 1.29 is 14.3 Å². The maximum atomic E-state index is 12.9. The summed E-state index contributed by atoms with van der Waals surface area (Å²) in [4.78, 5) is 29.7. The van der Waals surface area contributed by atoms with Gasteiger partial charge in [-0.15, -0.1) is 0 Å². The number of rotatable bonds is 7. The summed E-state index contributed by atoms with van der Waals surface area (Å²) in [5.41, 5.74) is 2.00. The monoisotopic (exact) mass is 450 g/mol. The molecule has 2 fully saturated rings. The van der Waals surface area contributed by atoms with Crippen molar-refractivity contribution in [3.63, 3.8) is 0 Å². The molecule has 0 spiro atoms. The standard InChI is InChI=1S/C26H34N4O3/c1-33-23-11-9-20(10-12-23)24(29-15-5-6-16-29)19-27-26(32)30-17-13-21(14-18-30)25(31)28-22-7-3-2-4-8-22/h2-4,7-12,21,24H,5-6,13-19H2,1H3,(H,27,32)(H,28,31)/t24-/m1/s1. The number of anilines is 1. The van der Waals surface area contributed by atoms with Crippen LogP contribution in [0, 0.1) is 5.92 Å². The van der Waals surface area contributed by atoms with Gasteiger partial charge in [0.2, 0.25) is 5.91 Å². The Morgan fingerprint density at radius 1 is 0.970 bits per heavy atom. The average Bonchev–Trinajstić information content (AvgIpc) is 3.40. The number of nitrogens with one attached hydrogen (secondary N) is 2. The number of hydrogen-bond donors (Lipinski definition) is 2. The molecule has 0 aromatic heterocycles. The molecule has 176 valence electrons. The Kier molecular flexibility index (Phi) is 7.83. The fraction of sp³-hybridized carbons (Fsp3) is 0.462. The lowest BCUT2D eigenvalue weighted by molar-refractivity contribution is -0.121. The van der Waals surface area contributed by atoms with Crippen LogP contribution in [-0.2, 0) is 4.79 Å². The Hall–Kier alpha value is -3.06. The van der Waals surface area contributed by atoms with E-state index in [2.05, 4.69) is 27.7 Å². The molecule has 2 aromatic rings. The SMILES string of the molecule is COc1ccc([C@@H](CNC(=O)N2CCC(C(=O)Nc3ccccc3)CC2)N2CCCC2)cc1. The summed E-state index contributed by atoms with van der Waals surface area (Å²) in [6.07, 6.45) is 3.75. The van der Waals surface area contributed by atoms with Gasteiger partial charge in [0.25, 0.3) is 0 Å². The van der Waals surface area contributed by atoms with Crippen LogP contribution in [0.4, 0.5) is 10.5 Å². The second kappa shape index (κ2) is 11.2. The molecule has 0 aliphatic carbocycles. The van der Waals surface area contributed by atoms with Crippen LogP contribution in [0.3, 0.4) is 0 Å². The van der Waals surface area contributed by atoms with Gasteiger partial charge in [0.15, 0.2) is 0 Å². The van der Waals surface area contributed by atoms with Gasteiger partial charge in [-0.05, 0) is 68.6 Å². The van der Waals surface area contributed by atoms with Gasteiger partial charge in [0, 0.05) is 31.2 Å². The summed E-state index contributed by atoms with van der Waals surface area (Å²) in [6.45, 7) is 3.85. The van der Waals surface area contributed by atoms with Crippen molar-refractivity contribution in [2.75, 3.05) is 45.2 Å². The fourth-order valence-corrected chi connectivity index (χ4v) is 4.74. The van der Waals surface area contributed by atoms with E-state index in [0.29, 0.717) is 32.5 Å². The van der Waals surface area contributed by atoms with E-state index in [9.17, 15) is 9.59 Å². The minimum atomic E-state index is -0.0640. The number of amides is 3. The van der Waals surface area contributed by atoms with Gasteiger partial charge < -0.3 is 20.3 Å². The third-order valence-electron chi connectivity index (χ3n) is 6.72. The number of carbonyl (C=O) groups excluding carboxylic acids is 2. The first-order valence-electron chi connectivity index (χ1n) is 11.9. The number of hydrogen-bond acceptors (Lipinski definition) is 4. The number of urea groups is 1. The first-order chi connectivity index (χ1) is 16.1. The average molecular weight is 451 g/mol. The van der Waals surface area contributed by atoms with Crippen LogP contribution in [0.25, 0.3) is 0 Å². The number of methoxy groups -OCH3 is 1. The fourth-order valence-electron chi connectivity index (χ4n) is 4.74. The van der Waals surface area contributed by atoms with Crippen LogP contribution >= 0.6 is 0 Å². The summed E-state index contributed by atoms with van der Waals surface area (Å²) < 4.78 is 5.29. The molecular formula is C26H34N4O3. The molecule has 0 radical (unpaired) electrons. The van der Waals surface area contributed by atoms with Crippen molar-refractivity contribution in [2.24, 2.45) is 5.92 Å². The molecule has 3 amide bonds. The topological polar surface area (TPSA) is 73.9 Å². The van der Waals surface area contributed by atoms with Gasteiger partial charge in [-0.25, -0.2) is 4.79 Å². The molecule has 2 aliphatic rings. The molecule has 0 unspecified atom stereocenters. The Morgan fingerprint density at radius 3 is 2.27 bits per heavy atom. The van der Waals surface area contributed by atoms with Crippen LogP contribution in [0.15, 0.2) is 54.6 Å². The van der Waals surface area contributed by atoms with E-state index in [0.717, 1.165) is 24.5 Å². The van der Waals surface area contributed by atoms with E-state index in [1.807, 2.05) is 47.4 Å². The molecule has 1 atom stereocenters. The Labute approximate surface area is 196 Å². The molecule has 2 N–H and O–H groups in total. The first kappa shape index (κ1) is 23.1. The van der Waals surface area contributed by atoms with Crippen molar-refractivity contribution in [1.82, 2.24) is 15.1 Å². The van der Waals surface area contributed by atoms with Crippen LogP contribution in [-0.4, -0.2) is 61.6 Å². The lowest BCUT2D eigenvalue weighted by atomic mass is 9.96.